The maximum Gasteiger partial charge on any atom is 0.239 e. The van der Waals surface area contributed by atoms with E-state index in [4.69, 9.17) is 16.9 Å². The second-order valence-electron chi connectivity index (χ2n) is 5.73. The first-order chi connectivity index (χ1) is 11.3. The fourth-order valence-corrected chi connectivity index (χ4v) is 2.00. The van der Waals surface area contributed by atoms with Gasteiger partial charge in [-0.15, -0.1) is 0 Å². The molecule has 2 aromatic rings. The molecule has 0 aliphatic carbocycles. The number of carbonyl (C=O) groups is 2. The molecule has 2 amide bonds. The third-order valence-electron chi connectivity index (χ3n) is 3.49. The summed E-state index contributed by atoms with van der Waals surface area (Å²) in [7, 11) is 0. The topological polar surface area (TPSA) is 82.0 Å². The van der Waals surface area contributed by atoms with Gasteiger partial charge >= 0.3 is 0 Å². The van der Waals surface area contributed by atoms with Crippen LogP contribution in [0.15, 0.2) is 48.5 Å². The second-order valence-corrected chi connectivity index (χ2v) is 6.17. The Morgan fingerprint density at radius 2 is 1.58 bits per heavy atom. The summed E-state index contributed by atoms with van der Waals surface area (Å²) in [6, 6.07) is 15.1. The number of rotatable bonds is 4. The largest absolute Gasteiger partial charge is 0.325 e. The van der Waals surface area contributed by atoms with E-state index in [0.29, 0.717) is 22.0 Å². The summed E-state index contributed by atoms with van der Waals surface area (Å²) in [5.41, 5.74) is 0.141. The molecule has 0 aliphatic rings. The van der Waals surface area contributed by atoms with Gasteiger partial charge < -0.3 is 10.6 Å². The van der Waals surface area contributed by atoms with E-state index < -0.39 is 17.2 Å². The molecule has 2 N–H and O–H groups in total. The van der Waals surface area contributed by atoms with Crippen LogP contribution in [0.1, 0.15) is 19.4 Å². The van der Waals surface area contributed by atoms with Gasteiger partial charge in [-0.2, -0.15) is 5.26 Å². The molecule has 0 heterocycles. The lowest BCUT2D eigenvalue weighted by Crippen LogP contribution is -2.41. The molecule has 0 saturated carbocycles. The van der Waals surface area contributed by atoms with Crippen molar-refractivity contribution in [1.82, 2.24) is 0 Å². The Kier molecular flexibility index (Phi) is 5.22. The van der Waals surface area contributed by atoms with Crippen LogP contribution >= 0.6 is 11.6 Å². The Morgan fingerprint density at radius 1 is 1.00 bits per heavy atom. The van der Waals surface area contributed by atoms with Crippen molar-refractivity contribution in [1.29, 1.82) is 5.26 Å². The minimum atomic E-state index is -1.30. The maximum absolute atomic E-state index is 12.4. The van der Waals surface area contributed by atoms with Crippen molar-refractivity contribution < 1.29 is 9.59 Å². The highest BCUT2D eigenvalue weighted by atomic mass is 35.5. The number of amides is 2. The van der Waals surface area contributed by atoms with Crippen LogP contribution < -0.4 is 10.6 Å². The van der Waals surface area contributed by atoms with E-state index in [-0.39, 0.29) is 0 Å². The fraction of sp³-hybridized carbons (Fsp3) is 0.167. The first-order valence-corrected chi connectivity index (χ1v) is 7.59. The van der Waals surface area contributed by atoms with Crippen LogP contribution in [0, 0.1) is 16.7 Å². The van der Waals surface area contributed by atoms with Gasteiger partial charge in [0.05, 0.1) is 11.6 Å². The fourth-order valence-electron chi connectivity index (χ4n) is 1.88. The number of hydrogen-bond donors (Lipinski definition) is 2. The van der Waals surface area contributed by atoms with E-state index in [9.17, 15) is 9.59 Å². The summed E-state index contributed by atoms with van der Waals surface area (Å²) in [5, 5.41) is 14.8. The average molecular weight is 342 g/mol. The molecule has 2 aromatic carbocycles. The molecule has 24 heavy (non-hydrogen) atoms. The van der Waals surface area contributed by atoms with Crippen molar-refractivity contribution in [2.24, 2.45) is 5.41 Å². The summed E-state index contributed by atoms with van der Waals surface area (Å²) in [4.78, 5) is 24.9. The zero-order valence-corrected chi connectivity index (χ0v) is 14.0. The van der Waals surface area contributed by atoms with Gasteiger partial charge in [0.25, 0.3) is 0 Å². The zero-order valence-electron chi connectivity index (χ0n) is 13.3. The number of anilines is 2. The van der Waals surface area contributed by atoms with Crippen molar-refractivity contribution in [3.63, 3.8) is 0 Å². The third kappa shape index (κ3) is 4.12. The Hall–Kier alpha value is -2.84. The quantitative estimate of drug-likeness (QED) is 0.829. The molecule has 0 saturated heterocycles. The molecule has 122 valence electrons. The molecule has 0 spiro atoms. The maximum atomic E-state index is 12.4. The highest BCUT2D eigenvalue weighted by Gasteiger charge is 2.36. The summed E-state index contributed by atoms with van der Waals surface area (Å²) in [6.07, 6.45) is 0. The van der Waals surface area contributed by atoms with Crippen molar-refractivity contribution in [2.45, 2.75) is 13.8 Å². The lowest BCUT2D eigenvalue weighted by molar-refractivity contribution is -0.135. The van der Waals surface area contributed by atoms with Gasteiger partial charge in [-0.3, -0.25) is 9.59 Å². The molecule has 0 aromatic heterocycles. The number of nitrogens with zero attached hydrogens (tertiary/aromatic N) is 1. The summed E-state index contributed by atoms with van der Waals surface area (Å²) < 4.78 is 0. The number of hydrogen-bond acceptors (Lipinski definition) is 3. The Labute approximate surface area is 145 Å². The van der Waals surface area contributed by atoms with E-state index in [1.807, 2.05) is 6.07 Å². The SMILES string of the molecule is CC(C)(C(=O)Nc1ccc(Cl)cc1)C(=O)Nc1cccc(C#N)c1. The lowest BCUT2D eigenvalue weighted by atomic mass is 9.90. The number of nitriles is 1. The predicted molar refractivity (Wildman–Crippen MR) is 93.6 cm³/mol. The first-order valence-electron chi connectivity index (χ1n) is 7.21. The molecular formula is C18H16ClN3O2. The second kappa shape index (κ2) is 7.16. The monoisotopic (exact) mass is 341 g/mol. The normalized spacial score (nSPS) is 10.6. The van der Waals surface area contributed by atoms with E-state index >= 15 is 0 Å². The molecule has 2 rings (SSSR count). The number of halogens is 1. The van der Waals surface area contributed by atoms with Gasteiger partial charge in [-0.1, -0.05) is 17.7 Å². The Balaban J connectivity index is 2.09. The predicted octanol–water partition coefficient (Wildman–Crippen LogP) is 3.82. The molecule has 5 nitrogen and oxygen atoms in total. The van der Waals surface area contributed by atoms with Crippen molar-refractivity contribution >= 4 is 34.8 Å². The van der Waals surface area contributed by atoms with Crippen LogP contribution in [0.5, 0.6) is 0 Å². The van der Waals surface area contributed by atoms with Gasteiger partial charge in [-0.05, 0) is 56.3 Å². The highest BCUT2D eigenvalue weighted by molar-refractivity contribution is 6.30. The molecule has 0 unspecified atom stereocenters. The van der Waals surface area contributed by atoms with Crippen LogP contribution in [0.25, 0.3) is 0 Å². The minimum absolute atomic E-state index is 0.427. The zero-order chi connectivity index (χ0) is 17.7. The van der Waals surface area contributed by atoms with Gasteiger partial charge in [0.1, 0.15) is 5.41 Å². The van der Waals surface area contributed by atoms with Crippen LogP contribution in [0.4, 0.5) is 11.4 Å². The Morgan fingerprint density at radius 3 is 2.17 bits per heavy atom. The number of nitrogens with one attached hydrogen (secondary N) is 2. The number of benzene rings is 2. The summed E-state index contributed by atoms with van der Waals surface area (Å²) in [6.45, 7) is 3.06. The van der Waals surface area contributed by atoms with Crippen molar-refractivity contribution in [3.05, 3.63) is 59.1 Å². The highest BCUT2D eigenvalue weighted by Crippen LogP contribution is 2.22. The molecule has 0 atom stereocenters. The smallest absolute Gasteiger partial charge is 0.239 e. The molecule has 0 aliphatic heterocycles. The van der Waals surface area contributed by atoms with Crippen LogP contribution in [0.2, 0.25) is 5.02 Å². The first kappa shape index (κ1) is 17.5. The van der Waals surface area contributed by atoms with E-state index in [0.717, 1.165) is 0 Å². The van der Waals surface area contributed by atoms with Crippen LogP contribution in [-0.4, -0.2) is 11.8 Å². The minimum Gasteiger partial charge on any atom is -0.325 e. The summed E-state index contributed by atoms with van der Waals surface area (Å²) >= 11 is 5.80. The van der Waals surface area contributed by atoms with Crippen LogP contribution in [-0.2, 0) is 9.59 Å². The number of carbonyl (C=O) groups excluding carboxylic acids is 2. The van der Waals surface area contributed by atoms with Gasteiger partial charge in [0, 0.05) is 16.4 Å². The van der Waals surface area contributed by atoms with Gasteiger partial charge in [0.15, 0.2) is 0 Å². The van der Waals surface area contributed by atoms with E-state index in [1.165, 1.54) is 13.8 Å². The molecule has 0 radical (unpaired) electrons. The van der Waals surface area contributed by atoms with Crippen LogP contribution in [0.3, 0.4) is 0 Å². The molecular weight excluding hydrogens is 326 g/mol. The lowest BCUT2D eigenvalue weighted by Gasteiger charge is -2.22. The van der Waals surface area contributed by atoms with Gasteiger partial charge in [0.2, 0.25) is 11.8 Å². The summed E-state index contributed by atoms with van der Waals surface area (Å²) in [5.74, 6) is -0.914. The average Bonchev–Trinajstić information content (AvgIpc) is 2.57. The van der Waals surface area contributed by atoms with Gasteiger partial charge in [-0.25, -0.2) is 0 Å². The Bertz CT molecular complexity index is 808. The molecule has 0 fully saturated rings. The third-order valence-corrected chi connectivity index (χ3v) is 3.74. The standard InChI is InChI=1S/C18H16ClN3O2/c1-18(2,16(23)21-14-8-6-13(19)7-9-14)17(24)22-15-5-3-4-12(10-15)11-20/h3-10H,1-2H3,(H,21,23)(H,22,24). The van der Waals surface area contributed by atoms with Crippen molar-refractivity contribution in [3.8, 4) is 6.07 Å². The van der Waals surface area contributed by atoms with E-state index in [1.54, 1.807) is 48.5 Å². The van der Waals surface area contributed by atoms with E-state index in [2.05, 4.69) is 10.6 Å². The molecule has 6 heteroatoms. The molecule has 0 bridgehead atoms. The van der Waals surface area contributed by atoms with Crippen molar-refractivity contribution in [2.75, 3.05) is 10.6 Å².